The van der Waals surface area contributed by atoms with Gasteiger partial charge in [-0.1, -0.05) is 0 Å². The van der Waals surface area contributed by atoms with E-state index in [4.69, 9.17) is 0 Å². The second-order valence-electron chi connectivity index (χ2n) is 6.16. The molecule has 2 fully saturated rings. The maximum Gasteiger partial charge on any atom is 0.224 e. The normalized spacial score (nSPS) is 34.5. The van der Waals surface area contributed by atoms with E-state index in [2.05, 4.69) is 21.9 Å². The van der Waals surface area contributed by atoms with Gasteiger partial charge in [-0.2, -0.15) is 0 Å². The Morgan fingerprint density at radius 3 is 2.21 bits per heavy atom. The quantitative estimate of drug-likeness (QED) is 0.861. The summed E-state index contributed by atoms with van der Waals surface area (Å²) in [6.45, 7) is 0. The number of hydrogen-bond donors (Lipinski definition) is 1. The number of hydrogen-bond acceptors (Lipinski definition) is 5. The van der Waals surface area contributed by atoms with Crippen LogP contribution < -0.4 is 4.90 Å². The molecule has 0 aliphatic carbocycles. The van der Waals surface area contributed by atoms with Gasteiger partial charge < -0.3 is 14.9 Å². The molecule has 1 aromatic heterocycles. The molecule has 0 spiro atoms. The van der Waals surface area contributed by atoms with E-state index in [0.717, 1.165) is 18.4 Å². The maximum atomic E-state index is 11.0. The van der Waals surface area contributed by atoms with E-state index >= 15 is 0 Å². The van der Waals surface area contributed by atoms with Crippen molar-refractivity contribution in [3.8, 4) is 0 Å². The Balaban J connectivity index is 1.85. The van der Waals surface area contributed by atoms with Gasteiger partial charge in [0.1, 0.15) is 0 Å². The van der Waals surface area contributed by atoms with E-state index in [1.54, 1.807) is 12.4 Å². The summed E-state index contributed by atoms with van der Waals surface area (Å²) in [5.41, 5.74) is 0.117. The third-order valence-electron chi connectivity index (χ3n) is 4.71. The highest BCUT2D eigenvalue weighted by Crippen LogP contribution is 2.44. The molecule has 104 valence electrons. The Morgan fingerprint density at radius 2 is 1.74 bits per heavy atom. The Hall–Kier alpha value is -1.20. The van der Waals surface area contributed by atoms with E-state index in [-0.39, 0.29) is 0 Å². The van der Waals surface area contributed by atoms with Crippen molar-refractivity contribution in [1.82, 2.24) is 14.9 Å². The van der Waals surface area contributed by atoms with Crippen molar-refractivity contribution in [2.75, 3.05) is 26.0 Å². The van der Waals surface area contributed by atoms with Gasteiger partial charge in [0, 0.05) is 44.1 Å². The molecule has 2 saturated heterocycles. The highest BCUT2D eigenvalue weighted by molar-refractivity contribution is 5.29. The number of anilines is 1. The molecule has 3 heterocycles. The highest BCUT2D eigenvalue weighted by atomic mass is 16.3. The Bertz CT molecular complexity index is 445. The highest BCUT2D eigenvalue weighted by Gasteiger charge is 2.47. The second-order valence-corrected chi connectivity index (χ2v) is 6.16. The molecular formula is C14H22N4O. The van der Waals surface area contributed by atoms with Crippen molar-refractivity contribution in [2.24, 2.45) is 0 Å². The van der Waals surface area contributed by atoms with Crippen LogP contribution in [0.3, 0.4) is 0 Å². The Labute approximate surface area is 114 Å². The van der Waals surface area contributed by atoms with E-state index < -0.39 is 5.60 Å². The molecule has 0 amide bonds. The number of aromatic nitrogens is 2. The monoisotopic (exact) mass is 262 g/mol. The molecule has 5 nitrogen and oxygen atoms in total. The fourth-order valence-electron chi connectivity index (χ4n) is 3.47. The van der Waals surface area contributed by atoms with Crippen LogP contribution >= 0.6 is 0 Å². The van der Waals surface area contributed by atoms with Gasteiger partial charge in [0.15, 0.2) is 0 Å². The fraction of sp³-hybridized carbons (Fsp3) is 0.714. The molecule has 0 aromatic carbocycles. The Kier molecular flexibility index (Phi) is 2.98. The number of fused-ring (bicyclic) bond motifs is 2. The predicted octanol–water partition coefficient (Wildman–Crippen LogP) is 0.987. The van der Waals surface area contributed by atoms with Crippen LogP contribution in [0.1, 0.15) is 31.2 Å². The van der Waals surface area contributed by atoms with Gasteiger partial charge in [0.25, 0.3) is 0 Å². The fourth-order valence-corrected chi connectivity index (χ4v) is 3.47. The molecule has 2 atom stereocenters. The van der Waals surface area contributed by atoms with Crippen molar-refractivity contribution in [3.05, 3.63) is 18.0 Å². The van der Waals surface area contributed by atoms with Crippen LogP contribution in [0, 0.1) is 0 Å². The number of aliphatic hydroxyl groups is 1. The smallest absolute Gasteiger partial charge is 0.224 e. The van der Waals surface area contributed by atoms with Crippen molar-refractivity contribution in [3.63, 3.8) is 0 Å². The number of nitrogens with zero attached hydrogens (tertiary/aromatic N) is 4. The predicted molar refractivity (Wildman–Crippen MR) is 74.1 cm³/mol. The molecule has 0 radical (unpaired) electrons. The van der Waals surface area contributed by atoms with E-state index in [9.17, 15) is 5.11 Å². The summed E-state index contributed by atoms with van der Waals surface area (Å²) in [6.07, 6.45) is 7.55. The van der Waals surface area contributed by atoms with Gasteiger partial charge in [-0.3, -0.25) is 0 Å². The zero-order chi connectivity index (χ0) is 13.6. The lowest BCUT2D eigenvalue weighted by molar-refractivity contribution is -0.0497. The molecule has 2 unspecified atom stereocenters. The van der Waals surface area contributed by atoms with Crippen molar-refractivity contribution >= 4 is 5.95 Å². The van der Waals surface area contributed by atoms with E-state index in [1.165, 1.54) is 12.8 Å². The van der Waals surface area contributed by atoms with E-state index in [0.29, 0.717) is 18.0 Å². The van der Waals surface area contributed by atoms with Crippen molar-refractivity contribution in [2.45, 2.75) is 43.4 Å². The molecule has 2 bridgehead atoms. The van der Waals surface area contributed by atoms with Crippen LogP contribution in [-0.4, -0.2) is 53.2 Å². The molecule has 3 rings (SSSR count). The minimum Gasteiger partial charge on any atom is -0.385 e. The van der Waals surface area contributed by atoms with Crippen LogP contribution in [-0.2, 0) is 5.60 Å². The summed E-state index contributed by atoms with van der Waals surface area (Å²) in [7, 11) is 6.01. The van der Waals surface area contributed by atoms with Crippen LogP contribution in [0.25, 0.3) is 0 Å². The van der Waals surface area contributed by atoms with Crippen LogP contribution in [0.15, 0.2) is 12.4 Å². The van der Waals surface area contributed by atoms with Crippen molar-refractivity contribution in [1.29, 1.82) is 0 Å². The van der Waals surface area contributed by atoms with Gasteiger partial charge in [-0.25, -0.2) is 9.97 Å². The molecule has 19 heavy (non-hydrogen) atoms. The lowest BCUT2D eigenvalue weighted by Gasteiger charge is -2.42. The summed E-state index contributed by atoms with van der Waals surface area (Å²) < 4.78 is 0. The average Bonchev–Trinajstić information content (AvgIpc) is 2.63. The average molecular weight is 262 g/mol. The van der Waals surface area contributed by atoms with Gasteiger partial charge in [0.2, 0.25) is 5.95 Å². The zero-order valence-electron chi connectivity index (χ0n) is 11.9. The van der Waals surface area contributed by atoms with Gasteiger partial charge in [-0.05, 0) is 32.7 Å². The van der Waals surface area contributed by atoms with Crippen LogP contribution in [0.4, 0.5) is 5.95 Å². The molecule has 2 aliphatic rings. The summed E-state index contributed by atoms with van der Waals surface area (Å²) in [4.78, 5) is 12.9. The largest absolute Gasteiger partial charge is 0.385 e. The summed E-state index contributed by atoms with van der Waals surface area (Å²) in [6, 6.07) is 0.995. The SMILES string of the molecule is CN(C)c1ncc(C2(O)CC3CCC(C2)N3C)cn1. The van der Waals surface area contributed by atoms with Crippen molar-refractivity contribution < 1.29 is 5.11 Å². The molecule has 1 N–H and O–H groups in total. The first-order chi connectivity index (χ1) is 8.99. The van der Waals surface area contributed by atoms with Gasteiger partial charge in [0.05, 0.1) is 5.60 Å². The first-order valence-electron chi connectivity index (χ1n) is 6.94. The van der Waals surface area contributed by atoms with E-state index in [1.807, 2.05) is 19.0 Å². The number of piperidine rings is 1. The minimum absolute atomic E-state index is 0.497. The number of rotatable bonds is 2. The molecule has 2 aliphatic heterocycles. The third kappa shape index (κ3) is 2.11. The molecule has 0 saturated carbocycles. The topological polar surface area (TPSA) is 52.5 Å². The molecular weight excluding hydrogens is 240 g/mol. The summed E-state index contributed by atoms with van der Waals surface area (Å²) in [5, 5.41) is 11.0. The lowest BCUT2D eigenvalue weighted by Crippen LogP contribution is -2.47. The minimum atomic E-state index is -0.747. The maximum absolute atomic E-state index is 11.0. The first kappa shape index (κ1) is 12.8. The summed E-state index contributed by atoms with van der Waals surface area (Å²) in [5.74, 6) is 0.684. The summed E-state index contributed by atoms with van der Waals surface area (Å²) >= 11 is 0. The molecule has 5 heteroatoms. The van der Waals surface area contributed by atoms with Crippen LogP contribution in [0.2, 0.25) is 0 Å². The van der Waals surface area contributed by atoms with Crippen LogP contribution in [0.5, 0.6) is 0 Å². The van der Waals surface area contributed by atoms with Gasteiger partial charge in [-0.15, -0.1) is 0 Å². The second kappa shape index (κ2) is 4.42. The third-order valence-corrected chi connectivity index (χ3v) is 4.71. The Morgan fingerprint density at radius 1 is 1.21 bits per heavy atom. The molecule has 1 aromatic rings. The first-order valence-corrected chi connectivity index (χ1v) is 6.94. The zero-order valence-corrected chi connectivity index (χ0v) is 11.9. The standard InChI is InChI=1S/C14H22N4O/c1-17(2)13-15-8-10(9-16-13)14(19)6-11-4-5-12(7-14)18(11)3/h8-9,11-12,19H,4-7H2,1-3H3. The lowest BCUT2D eigenvalue weighted by atomic mass is 9.82. The van der Waals surface area contributed by atoms with Gasteiger partial charge >= 0.3 is 0 Å².